The molecule has 0 fully saturated rings. The number of alkyl carbamates (subject to hydrolysis) is 1. The lowest BCUT2D eigenvalue weighted by Crippen LogP contribution is -2.38. The van der Waals surface area contributed by atoms with Gasteiger partial charge in [-0.1, -0.05) is 24.3 Å². The fourth-order valence-corrected chi connectivity index (χ4v) is 1.95. The smallest absolute Gasteiger partial charge is 0.407 e. The van der Waals surface area contributed by atoms with Crippen LogP contribution in [-0.2, 0) is 27.1 Å². The molecule has 0 spiro atoms. The maximum absolute atomic E-state index is 11.7. The monoisotopic (exact) mass is 307 g/mol. The van der Waals surface area contributed by atoms with E-state index in [-0.39, 0.29) is 18.4 Å². The Hall–Kier alpha value is -2.04. The van der Waals surface area contributed by atoms with Gasteiger partial charge in [0, 0.05) is 6.04 Å². The van der Waals surface area contributed by atoms with Crippen LogP contribution in [-0.4, -0.2) is 30.8 Å². The molecule has 0 saturated heterocycles. The van der Waals surface area contributed by atoms with Gasteiger partial charge in [0.15, 0.2) is 0 Å². The number of hydrogen-bond acceptors (Lipinski definition) is 4. The molecular formula is C17H25NO4. The minimum atomic E-state index is -0.501. The van der Waals surface area contributed by atoms with Crippen LogP contribution in [0.2, 0.25) is 0 Å². The Kier molecular flexibility index (Phi) is 6.40. The molecule has 22 heavy (non-hydrogen) atoms. The van der Waals surface area contributed by atoms with Crippen molar-refractivity contribution in [2.24, 2.45) is 0 Å². The minimum Gasteiger partial charge on any atom is -0.469 e. The SMILES string of the molecule is COC(=O)Cc1ccc(C[C@@H](C)NC(=O)OC(C)(C)C)cc1. The molecule has 0 radical (unpaired) electrons. The molecule has 1 aromatic rings. The van der Waals surface area contributed by atoms with E-state index in [4.69, 9.17) is 4.74 Å². The van der Waals surface area contributed by atoms with Crippen LogP contribution in [0.15, 0.2) is 24.3 Å². The molecular weight excluding hydrogens is 282 g/mol. The van der Waals surface area contributed by atoms with Gasteiger partial charge in [0.1, 0.15) is 5.60 Å². The second-order valence-corrected chi connectivity index (χ2v) is 6.32. The molecule has 0 aliphatic heterocycles. The molecule has 1 N–H and O–H groups in total. The first-order valence-electron chi connectivity index (χ1n) is 7.34. The van der Waals surface area contributed by atoms with E-state index in [0.29, 0.717) is 6.42 Å². The van der Waals surface area contributed by atoms with Crippen LogP contribution in [0.25, 0.3) is 0 Å². The van der Waals surface area contributed by atoms with Crippen molar-refractivity contribution >= 4 is 12.1 Å². The molecule has 0 unspecified atom stereocenters. The summed E-state index contributed by atoms with van der Waals surface area (Å²) in [4.78, 5) is 22.9. The van der Waals surface area contributed by atoms with Gasteiger partial charge in [-0.25, -0.2) is 4.79 Å². The number of carbonyl (C=O) groups excluding carboxylic acids is 2. The maximum atomic E-state index is 11.7. The van der Waals surface area contributed by atoms with Crippen LogP contribution in [0.3, 0.4) is 0 Å². The van der Waals surface area contributed by atoms with E-state index >= 15 is 0 Å². The molecule has 0 aliphatic carbocycles. The summed E-state index contributed by atoms with van der Waals surface area (Å²) in [6.07, 6.45) is 0.544. The van der Waals surface area contributed by atoms with Crippen LogP contribution in [0.4, 0.5) is 4.79 Å². The zero-order chi connectivity index (χ0) is 16.8. The fraction of sp³-hybridized carbons (Fsp3) is 0.529. The minimum absolute atomic E-state index is 0.0405. The molecule has 0 bridgehead atoms. The van der Waals surface area contributed by atoms with Crippen molar-refractivity contribution in [3.8, 4) is 0 Å². The van der Waals surface area contributed by atoms with Crippen molar-refractivity contribution in [1.82, 2.24) is 5.32 Å². The lowest BCUT2D eigenvalue weighted by atomic mass is 10.0. The van der Waals surface area contributed by atoms with Gasteiger partial charge < -0.3 is 14.8 Å². The van der Waals surface area contributed by atoms with Crippen molar-refractivity contribution in [1.29, 1.82) is 0 Å². The molecule has 5 heteroatoms. The van der Waals surface area contributed by atoms with Crippen LogP contribution in [0.1, 0.15) is 38.8 Å². The van der Waals surface area contributed by atoms with E-state index in [1.807, 2.05) is 52.0 Å². The summed E-state index contributed by atoms with van der Waals surface area (Å²) >= 11 is 0. The van der Waals surface area contributed by atoms with Gasteiger partial charge >= 0.3 is 12.1 Å². The number of benzene rings is 1. The molecule has 0 heterocycles. The van der Waals surface area contributed by atoms with E-state index in [2.05, 4.69) is 10.1 Å². The molecule has 0 saturated carbocycles. The fourth-order valence-electron chi connectivity index (χ4n) is 1.95. The van der Waals surface area contributed by atoms with Gasteiger partial charge in [0.25, 0.3) is 0 Å². The lowest BCUT2D eigenvalue weighted by Gasteiger charge is -2.22. The summed E-state index contributed by atoms with van der Waals surface area (Å²) < 4.78 is 9.85. The zero-order valence-corrected chi connectivity index (χ0v) is 13.9. The van der Waals surface area contributed by atoms with Gasteiger partial charge in [0.05, 0.1) is 13.5 Å². The third kappa shape index (κ3) is 7.11. The van der Waals surface area contributed by atoms with E-state index in [1.54, 1.807) is 0 Å². The number of carbonyl (C=O) groups is 2. The summed E-state index contributed by atoms with van der Waals surface area (Å²) in [6, 6.07) is 7.65. The molecule has 5 nitrogen and oxygen atoms in total. The van der Waals surface area contributed by atoms with Gasteiger partial charge in [0.2, 0.25) is 0 Å². The van der Waals surface area contributed by atoms with Crippen LogP contribution in [0, 0.1) is 0 Å². The normalized spacial score (nSPS) is 12.4. The van der Waals surface area contributed by atoms with Crippen molar-refractivity contribution in [3.05, 3.63) is 35.4 Å². The molecule has 1 amide bonds. The number of rotatable bonds is 5. The maximum Gasteiger partial charge on any atom is 0.407 e. The van der Waals surface area contributed by atoms with Crippen LogP contribution in [0.5, 0.6) is 0 Å². The van der Waals surface area contributed by atoms with Crippen LogP contribution >= 0.6 is 0 Å². The summed E-state index contributed by atoms with van der Waals surface area (Å²) in [5.41, 5.74) is 1.49. The molecule has 0 aromatic heterocycles. The van der Waals surface area contributed by atoms with Gasteiger partial charge in [-0.2, -0.15) is 0 Å². The quantitative estimate of drug-likeness (QED) is 0.850. The van der Waals surface area contributed by atoms with Gasteiger partial charge in [-0.15, -0.1) is 0 Å². The van der Waals surface area contributed by atoms with E-state index in [9.17, 15) is 9.59 Å². The number of esters is 1. The van der Waals surface area contributed by atoms with Crippen molar-refractivity contribution in [2.75, 3.05) is 7.11 Å². The number of amides is 1. The van der Waals surface area contributed by atoms with Crippen molar-refractivity contribution in [3.63, 3.8) is 0 Å². The number of ether oxygens (including phenoxy) is 2. The average molecular weight is 307 g/mol. The van der Waals surface area contributed by atoms with E-state index in [1.165, 1.54) is 7.11 Å². The predicted octanol–water partition coefficient (Wildman–Crippen LogP) is 2.86. The third-order valence-electron chi connectivity index (χ3n) is 2.90. The predicted molar refractivity (Wildman–Crippen MR) is 84.7 cm³/mol. The van der Waals surface area contributed by atoms with Crippen LogP contribution < -0.4 is 5.32 Å². The highest BCUT2D eigenvalue weighted by Gasteiger charge is 2.17. The topological polar surface area (TPSA) is 64.6 Å². The van der Waals surface area contributed by atoms with Gasteiger partial charge in [-0.3, -0.25) is 4.79 Å². The Balaban J connectivity index is 2.49. The highest BCUT2D eigenvalue weighted by atomic mass is 16.6. The standard InChI is InChI=1S/C17H25NO4/c1-12(18-16(20)22-17(2,3)4)10-13-6-8-14(9-7-13)11-15(19)21-5/h6-9,12H,10-11H2,1-5H3,(H,18,20)/t12-/m1/s1. The Labute approximate surface area is 132 Å². The highest BCUT2D eigenvalue weighted by molar-refractivity contribution is 5.72. The average Bonchev–Trinajstić information content (AvgIpc) is 2.38. The molecule has 1 rings (SSSR count). The largest absolute Gasteiger partial charge is 0.469 e. The molecule has 0 aliphatic rings. The number of methoxy groups -OCH3 is 1. The molecule has 1 aromatic carbocycles. The Bertz CT molecular complexity index is 502. The van der Waals surface area contributed by atoms with Crippen molar-refractivity contribution in [2.45, 2.75) is 52.2 Å². The molecule has 122 valence electrons. The summed E-state index contributed by atoms with van der Waals surface area (Å²) in [7, 11) is 1.38. The Morgan fingerprint density at radius 2 is 1.68 bits per heavy atom. The van der Waals surface area contributed by atoms with E-state index in [0.717, 1.165) is 11.1 Å². The van der Waals surface area contributed by atoms with Crippen molar-refractivity contribution < 1.29 is 19.1 Å². The van der Waals surface area contributed by atoms with E-state index < -0.39 is 11.7 Å². The first-order chi connectivity index (χ1) is 10.2. The summed E-state index contributed by atoms with van der Waals surface area (Å²) in [5, 5.41) is 2.81. The Morgan fingerprint density at radius 3 is 2.18 bits per heavy atom. The highest BCUT2D eigenvalue weighted by Crippen LogP contribution is 2.10. The second-order valence-electron chi connectivity index (χ2n) is 6.32. The summed E-state index contributed by atoms with van der Waals surface area (Å²) in [6.45, 7) is 7.41. The summed E-state index contributed by atoms with van der Waals surface area (Å²) in [5.74, 6) is -0.257. The third-order valence-corrected chi connectivity index (χ3v) is 2.90. The first-order valence-corrected chi connectivity index (χ1v) is 7.34. The van der Waals surface area contributed by atoms with Gasteiger partial charge in [-0.05, 0) is 45.2 Å². The number of nitrogens with one attached hydrogen (secondary N) is 1. The molecule has 1 atom stereocenters. The number of hydrogen-bond donors (Lipinski definition) is 1. The first kappa shape index (κ1) is 18.0. The zero-order valence-electron chi connectivity index (χ0n) is 13.9. The Morgan fingerprint density at radius 1 is 1.14 bits per heavy atom. The second kappa shape index (κ2) is 7.82. The lowest BCUT2D eigenvalue weighted by molar-refractivity contribution is -0.139.